The molecule has 1 aromatic carbocycles. The van der Waals surface area contributed by atoms with Crippen LogP contribution < -0.4 is 11.1 Å². The Kier molecular flexibility index (Phi) is 6.39. The van der Waals surface area contributed by atoms with Gasteiger partial charge in [0.05, 0.1) is 23.3 Å². The fraction of sp³-hybridized carbons (Fsp3) is 0.400. The highest BCUT2D eigenvalue weighted by Gasteiger charge is 2.18. The van der Waals surface area contributed by atoms with E-state index in [0.29, 0.717) is 5.56 Å². The number of nitrogens with two attached hydrogens (primary N) is 1. The van der Waals surface area contributed by atoms with Crippen molar-refractivity contribution < 1.29 is 15.1 Å². The molecular weight excluding hydrogens is 262 g/mol. The minimum Gasteiger partial charge on any atom is -0.397 e. The lowest BCUT2D eigenvalue weighted by Crippen LogP contribution is -2.23. The second-order valence-corrected chi connectivity index (χ2v) is 3.72. The second kappa shape index (κ2) is 7.00. The topological polar surface area (TPSA) is 122 Å². The predicted molar refractivity (Wildman–Crippen MR) is 71.1 cm³/mol. The van der Waals surface area contributed by atoms with E-state index in [1.165, 1.54) is 6.07 Å². The SMILES string of the molecule is Cc1cc(N)c(NCC(O)CO)c([N+](=O)[O-])c1.Cl. The molecule has 0 bridgehead atoms. The van der Waals surface area contributed by atoms with Gasteiger partial charge in [-0.1, -0.05) is 0 Å². The minimum absolute atomic E-state index is 0. The van der Waals surface area contributed by atoms with Crippen molar-refractivity contribution in [3.8, 4) is 0 Å². The van der Waals surface area contributed by atoms with E-state index >= 15 is 0 Å². The number of aliphatic hydroxyl groups is 2. The molecule has 0 aromatic heterocycles. The molecule has 1 rings (SSSR count). The van der Waals surface area contributed by atoms with Gasteiger partial charge >= 0.3 is 0 Å². The fourth-order valence-corrected chi connectivity index (χ4v) is 1.42. The summed E-state index contributed by atoms with van der Waals surface area (Å²) in [5.74, 6) is 0. The molecule has 1 atom stereocenters. The molecule has 18 heavy (non-hydrogen) atoms. The molecule has 1 aromatic rings. The Labute approximate surface area is 110 Å². The van der Waals surface area contributed by atoms with Crippen molar-refractivity contribution >= 4 is 29.5 Å². The van der Waals surface area contributed by atoms with Crippen molar-refractivity contribution in [2.75, 3.05) is 24.2 Å². The van der Waals surface area contributed by atoms with Crippen LogP contribution in [0.2, 0.25) is 0 Å². The zero-order chi connectivity index (χ0) is 13.0. The van der Waals surface area contributed by atoms with Gasteiger partial charge in [-0.05, 0) is 18.6 Å². The summed E-state index contributed by atoms with van der Waals surface area (Å²) >= 11 is 0. The number of aliphatic hydroxyl groups excluding tert-OH is 2. The first-order valence-electron chi connectivity index (χ1n) is 5.03. The molecule has 0 aliphatic rings. The summed E-state index contributed by atoms with van der Waals surface area (Å²) in [5.41, 5.74) is 6.61. The van der Waals surface area contributed by atoms with E-state index in [0.717, 1.165) is 0 Å². The number of nitrogens with one attached hydrogen (secondary N) is 1. The van der Waals surface area contributed by atoms with E-state index in [4.69, 9.17) is 10.8 Å². The highest BCUT2D eigenvalue weighted by molar-refractivity contribution is 5.85. The molecule has 0 amide bonds. The van der Waals surface area contributed by atoms with Crippen molar-refractivity contribution in [1.82, 2.24) is 0 Å². The summed E-state index contributed by atoms with van der Waals surface area (Å²) in [6.07, 6.45) is -0.990. The summed E-state index contributed by atoms with van der Waals surface area (Å²) in [6.45, 7) is 1.27. The molecule has 102 valence electrons. The fourth-order valence-electron chi connectivity index (χ4n) is 1.42. The van der Waals surface area contributed by atoms with Crippen LogP contribution in [0.3, 0.4) is 0 Å². The number of hydrogen-bond acceptors (Lipinski definition) is 6. The molecule has 5 N–H and O–H groups in total. The van der Waals surface area contributed by atoms with E-state index in [9.17, 15) is 15.2 Å². The summed E-state index contributed by atoms with van der Waals surface area (Å²) in [6, 6.07) is 2.99. The van der Waals surface area contributed by atoms with Gasteiger partial charge in [-0.3, -0.25) is 10.1 Å². The molecule has 8 heteroatoms. The van der Waals surface area contributed by atoms with Crippen LogP contribution in [0.25, 0.3) is 0 Å². The Hall–Kier alpha value is -1.57. The Morgan fingerprint density at radius 1 is 1.56 bits per heavy atom. The number of nitro benzene ring substituents is 1. The number of anilines is 2. The maximum atomic E-state index is 10.8. The van der Waals surface area contributed by atoms with E-state index < -0.39 is 17.6 Å². The third kappa shape index (κ3) is 4.02. The average Bonchev–Trinajstić information content (AvgIpc) is 2.26. The molecular formula is C10H16ClN3O4. The van der Waals surface area contributed by atoms with Gasteiger partial charge in [0.25, 0.3) is 5.69 Å². The van der Waals surface area contributed by atoms with Crippen LogP contribution in [0.1, 0.15) is 5.56 Å². The maximum Gasteiger partial charge on any atom is 0.294 e. The first-order valence-corrected chi connectivity index (χ1v) is 5.03. The minimum atomic E-state index is -0.990. The van der Waals surface area contributed by atoms with Crippen molar-refractivity contribution in [3.63, 3.8) is 0 Å². The van der Waals surface area contributed by atoms with Gasteiger partial charge in [-0.2, -0.15) is 0 Å². The van der Waals surface area contributed by atoms with Crippen LogP contribution in [0.5, 0.6) is 0 Å². The number of hydrogen-bond donors (Lipinski definition) is 4. The average molecular weight is 278 g/mol. The molecule has 0 fully saturated rings. The lowest BCUT2D eigenvalue weighted by molar-refractivity contribution is -0.383. The molecule has 0 aliphatic heterocycles. The van der Waals surface area contributed by atoms with Gasteiger partial charge in [-0.15, -0.1) is 12.4 Å². The number of aryl methyl sites for hydroxylation is 1. The molecule has 0 saturated heterocycles. The number of nitro groups is 1. The number of rotatable bonds is 5. The first-order chi connectivity index (χ1) is 7.95. The maximum absolute atomic E-state index is 10.8. The van der Waals surface area contributed by atoms with Crippen LogP contribution in [0.4, 0.5) is 17.1 Å². The normalized spacial score (nSPS) is 11.5. The van der Waals surface area contributed by atoms with Crippen LogP contribution in [0, 0.1) is 17.0 Å². The molecule has 0 aliphatic carbocycles. The molecule has 1 unspecified atom stereocenters. The van der Waals surface area contributed by atoms with Gasteiger partial charge in [0.15, 0.2) is 0 Å². The third-order valence-corrected chi connectivity index (χ3v) is 2.21. The highest BCUT2D eigenvalue weighted by Crippen LogP contribution is 2.31. The number of nitrogen functional groups attached to an aromatic ring is 1. The van der Waals surface area contributed by atoms with E-state index in [1.807, 2.05) is 0 Å². The third-order valence-electron chi connectivity index (χ3n) is 2.21. The number of halogens is 1. The van der Waals surface area contributed by atoms with Crippen LogP contribution in [-0.4, -0.2) is 34.4 Å². The molecule has 0 spiro atoms. The van der Waals surface area contributed by atoms with Gasteiger partial charge in [0, 0.05) is 12.6 Å². The Morgan fingerprint density at radius 3 is 2.67 bits per heavy atom. The van der Waals surface area contributed by atoms with Crippen molar-refractivity contribution in [3.05, 3.63) is 27.8 Å². The van der Waals surface area contributed by atoms with Gasteiger partial charge in [0.1, 0.15) is 5.69 Å². The molecule has 0 heterocycles. The summed E-state index contributed by atoms with van der Waals surface area (Å²) in [7, 11) is 0. The standard InChI is InChI=1S/C10H15N3O4.ClH/c1-6-2-8(11)10(9(3-6)13(16)17)12-4-7(15)5-14;/h2-3,7,12,14-15H,4-5,11H2,1H3;1H. The number of benzene rings is 1. The molecule has 0 radical (unpaired) electrons. The summed E-state index contributed by atoms with van der Waals surface area (Å²) < 4.78 is 0. The van der Waals surface area contributed by atoms with E-state index in [-0.39, 0.29) is 36.0 Å². The van der Waals surface area contributed by atoms with Crippen molar-refractivity contribution in [2.24, 2.45) is 0 Å². The molecule has 7 nitrogen and oxygen atoms in total. The first kappa shape index (κ1) is 16.4. The zero-order valence-corrected chi connectivity index (χ0v) is 10.6. The van der Waals surface area contributed by atoms with E-state index in [2.05, 4.69) is 5.32 Å². The second-order valence-electron chi connectivity index (χ2n) is 3.72. The van der Waals surface area contributed by atoms with Crippen LogP contribution in [0.15, 0.2) is 12.1 Å². The van der Waals surface area contributed by atoms with Crippen molar-refractivity contribution in [2.45, 2.75) is 13.0 Å². The highest BCUT2D eigenvalue weighted by atomic mass is 35.5. The predicted octanol–water partition coefficient (Wildman–Crippen LogP) is 0.672. The monoisotopic (exact) mass is 277 g/mol. The Bertz CT molecular complexity index is 428. The largest absolute Gasteiger partial charge is 0.397 e. The van der Waals surface area contributed by atoms with Crippen LogP contribution >= 0.6 is 12.4 Å². The Balaban J connectivity index is 0.00000289. The molecule has 0 saturated carbocycles. The summed E-state index contributed by atoms with van der Waals surface area (Å²) in [4.78, 5) is 10.3. The van der Waals surface area contributed by atoms with Gasteiger partial charge < -0.3 is 21.3 Å². The summed E-state index contributed by atoms with van der Waals surface area (Å²) in [5, 5.41) is 31.3. The van der Waals surface area contributed by atoms with Gasteiger partial charge in [-0.25, -0.2) is 0 Å². The van der Waals surface area contributed by atoms with Crippen LogP contribution in [-0.2, 0) is 0 Å². The van der Waals surface area contributed by atoms with Crippen molar-refractivity contribution in [1.29, 1.82) is 0 Å². The number of nitrogens with zero attached hydrogens (tertiary/aromatic N) is 1. The Morgan fingerprint density at radius 2 is 2.17 bits per heavy atom. The van der Waals surface area contributed by atoms with Gasteiger partial charge in [0.2, 0.25) is 0 Å². The quantitative estimate of drug-likeness (QED) is 0.356. The zero-order valence-electron chi connectivity index (χ0n) is 9.79. The smallest absolute Gasteiger partial charge is 0.294 e. The lowest BCUT2D eigenvalue weighted by Gasteiger charge is -2.13. The lowest BCUT2D eigenvalue weighted by atomic mass is 10.1. The van der Waals surface area contributed by atoms with E-state index in [1.54, 1.807) is 13.0 Å².